The van der Waals surface area contributed by atoms with Crippen LogP contribution in [-0.4, -0.2) is 49.6 Å². The molecule has 0 bridgehead atoms. The summed E-state index contributed by atoms with van der Waals surface area (Å²) in [5.41, 5.74) is 1.76. The van der Waals surface area contributed by atoms with Gasteiger partial charge in [-0.05, 0) is 24.6 Å². The van der Waals surface area contributed by atoms with E-state index in [0.29, 0.717) is 30.3 Å². The topological polar surface area (TPSA) is 102 Å². The highest BCUT2D eigenvalue weighted by Crippen LogP contribution is 2.28. The third kappa shape index (κ3) is 6.57. The molecule has 3 N–H and O–H groups in total. The molecule has 1 aromatic heterocycles. The Morgan fingerprint density at radius 2 is 2.03 bits per heavy atom. The minimum Gasteiger partial charge on any atom is -0.457 e. The molecule has 158 valence electrons. The van der Waals surface area contributed by atoms with Crippen LogP contribution in [0.15, 0.2) is 36.5 Å². The number of hydrogen-bond acceptors (Lipinski definition) is 6. The number of benzene rings is 1. The van der Waals surface area contributed by atoms with Gasteiger partial charge in [-0.1, -0.05) is 6.07 Å². The van der Waals surface area contributed by atoms with Crippen molar-refractivity contribution in [1.82, 2.24) is 15.6 Å². The Morgan fingerprint density at radius 1 is 1.24 bits per heavy atom. The minimum atomic E-state index is -0.514. The summed E-state index contributed by atoms with van der Waals surface area (Å²) in [5, 5.41) is 8.49. The van der Waals surface area contributed by atoms with Gasteiger partial charge < -0.3 is 25.4 Å². The lowest BCUT2D eigenvalue weighted by Gasteiger charge is -2.22. The first-order valence-corrected chi connectivity index (χ1v) is 8.66. The number of halogens is 2. The average Bonchev–Trinajstić information content (AvgIpc) is 2.70. The molecule has 1 unspecified atom stereocenters. The van der Waals surface area contributed by atoms with Gasteiger partial charge in [0.1, 0.15) is 23.3 Å². The van der Waals surface area contributed by atoms with Crippen LogP contribution >= 0.6 is 24.8 Å². The normalized spacial score (nSPS) is 15.3. The Balaban J connectivity index is 0.00000210. The maximum Gasteiger partial charge on any atom is 0.269 e. The fourth-order valence-electron chi connectivity index (χ4n) is 2.60. The minimum absolute atomic E-state index is 0. The Kier molecular flexibility index (Phi) is 9.84. The van der Waals surface area contributed by atoms with Crippen molar-refractivity contribution in [3.05, 3.63) is 47.8 Å². The Labute approximate surface area is 181 Å². The Morgan fingerprint density at radius 3 is 2.72 bits per heavy atom. The van der Waals surface area contributed by atoms with Crippen molar-refractivity contribution in [3.63, 3.8) is 0 Å². The highest BCUT2D eigenvalue weighted by Gasteiger charge is 2.22. The number of nitrogens with zero attached hydrogens (tertiary/aromatic N) is 1. The molecule has 1 aromatic carbocycles. The van der Waals surface area contributed by atoms with Crippen LogP contribution in [-0.2, 0) is 9.53 Å². The van der Waals surface area contributed by atoms with Crippen LogP contribution in [0.1, 0.15) is 16.1 Å². The molecule has 1 atom stereocenters. The molecular weight excluding hydrogens is 419 g/mol. The molecule has 0 radical (unpaired) electrons. The van der Waals surface area contributed by atoms with Gasteiger partial charge in [-0.3, -0.25) is 14.6 Å². The predicted octanol–water partition coefficient (Wildman–Crippen LogP) is 2.31. The van der Waals surface area contributed by atoms with E-state index in [0.717, 1.165) is 12.1 Å². The molecule has 29 heavy (non-hydrogen) atoms. The zero-order chi connectivity index (χ0) is 19.2. The van der Waals surface area contributed by atoms with Crippen molar-refractivity contribution in [2.45, 2.75) is 13.0 Å². The van der Waals surface area contributed by atoms with E-state index < -0.39 is 6.10 Å². The second kappa shape index (κ2) is 11.6. The number of ether oxygens (including phenoxy) is 2. The number of aryl methyl sites for hydroxylation is 1. The van der Waals surface area contributed by atoms with Gasteiger partial charge in [0.25, 0.3) is 11.8 Å². The van der Waals surface area contributed by atoms with E-state index in [4.69, 9.17) is 9.47 Å². The van der Waals surface area contributed by atoms with Crippen molar-refractivity contribution in [2.24, 2.45) is 0 Å². The first-order valence-electron chi connectivity index (χ1n) is 8.66. The second-order valence-electron chi connectivity index (χ2n) is 6.09. The number of nitrogens with one attached hydrogen (secondary N) is 3. The van der Waals surface area contributed by atoms with Gasteiger partial charge in [0.15, 0.2) is 0 Å². The van der Waals surface area contributed by atoms with E-state index in [1.165, 1.54) is 6.20 Å². The Hall–Kier alpha value is -2.39. The van der Waals surface area contributed by atoms with E-state index in [1.807, 2.05) is 13.0 Å². The summed E-state index contributed by atoms with van der Waals surface area (Å²) in [6, 6.07) is 8.62. The largest absolute Gasteiger partial charge is 0.457 e. The van der Waals surface area contributed by atoms with Crippen LogP contribution in [0.4, 0.5) is 5.69 Å². The third-order valence-corrected chi connectivity index (χ3v) is 4.09. The number of aromatic nitrogens is 1. The van der Waals surface area contributed by atoms with Gasteiger partial charge in [0.2, 0.25) is 0 Å². The van der Waals surface area contributed by atoms with E-state index in [-0.39, 0.29) is 42.3 Å². The van der Waals surface area contributed by atoms with E-state index in [1.54, 1.807) is 31.3 Å². The van der Waals surface area contributed by atoms with Crippen LogP contribution in [0.3, 0.4) is 0 Å². The summed E-state index contributed by atoms with van der Waals surface area (Å²) < 4.78 is 11.4. The summed E-state index contributed by atoms with van der Waals surface area (Å²) in [6.07, 6.45) is 0.994. The van der Waals surface area contributed by atoms with E-state index in [2.05, 4.69) is 20.9 Å². The molecule has 0 aliphatic carbocycles. The molecule has 1 fully saturated rings. The highest BCUT2D eigenvalue weighted by molar-refractivity contribution is 5.94. The van der Waals surface area contributed by atoms with Crippen molar-refractivity contribution in [1.29, 1.82) is 0 Å². The summed E-state index contributed by atoms with van der Waals surface area (Å²) >= 11 is 0. The predicted molar refractivity (Wildman–Crippen MR) is 115 cm³/mol. The molecule has 0 spiro atoms. The number of hydrogen-bond donors (Lipinski definition) is 3. The fourth-order valence-corrected chi connectivity index (χ4v) is 2.60. The van der Waals surface area contributed by atoms with Gasteiger partial charge in [0, 0.05) is 44.2 Å². The molecule has 1 aliphatic heterocycles. The maximum absolute atomic E-state index is 12.3. The van der Waals surface area contributed by atoms with Crippen LogP contribution in [0.5, 0.6) is 11.5 Å². The highest BCUT2D eigenvalue weighted by atomic mass is 35.5. The number of carbonyl (C=O) groups excluding carboxylic acids is 2. The number of carbonyl (C=O) groups is 2. The first kappa shape index (κ1) is 24.6. The third-order valence-electron chi connectivity index (χ3n) is 4.09. The molecule has 2 amide bonds. The second-order valence-corrected chi connectivity index (χ2v) is 6.09. The van der Waals surface area contributed by atoms with Crippen LogP contribution < -0.4 is 20.7 Å². The number of pyridine rings is 1. The van der Waals surface area contributed by atoms with Crippen molar-refractivity contribution >= 4 is 42.3 Å². The van der Waals surface area contributed by atoms with E-state index >= 15 is 0 Å². The fraction of sp³-hybridized carbons (Fsp3) is 0.316. The summed E-state index contributed by atoms with van der Waals surface area (Å²) in [5.74, 6) is 0.557. The first-order chi connectivity index (χ1) is 13.1. The van der Waals surface area contributed by atoms with Gasteiger partial charge in [-0.15, -0.1) is 24.8 Å². The quantitative estimate of drug-likeness (QED) is 0.656. The smallest absolute Gasteiger partial charge is 0.269 e. The summed E-state index contributed by atoms with van der Waals surface area (Å²) in [4.78, 5) is 28.0. The van der Waals surface area contributed by atoms with Gasteiger partial charge >= 0.3 is 0 Å². The van der Waals surface area contributed by atoms with Gasteiger partial charge in [-0.25, -0.2) is 0 Å². The van der Waals surface area contributed by atoms with Crippen molar-refractivity contribution in [3.8, 4) is 11.5 Å². The molecule has 2 heterocycles. The lowest BCUT2D eigenvalue weighted by atomic mass is 10.2. The molecular formula is C19H24Cl2N4O4. The summed E-state index contributed by atoms with van der Waals surface area (Å²) in [7, 11) is 1.54. The lowest BCUT2D eigenvalue weighted by molar-refractivity contribution is -0.128. The number of amides is 2. The van der Waals surface area contributed by atoms with Crippen LogP contribution in [0, 0.1) is 6.92 Å². The SMILES string of the molecule is CNC(=O)c1cc(Oc2cc(NC(=O)C3CNCCO3)ccc2C)ccn1.Cl.Cl. The van der Waals surface area contributed by atoms with Crippen molar-refractivity contribution < 1.29 is 19.1 Å². The van der Waals surface area contributed by atoms with Gasteiger partial charge in [-0.2, -0.15) is 0 Å². The average molecular weight is 443 g/mol. The molecule has 2 aromatic rings. The molecule has 3 rings (SSSR count). The summed E-state index contributed by atoms with van der Waals surface area (Å²) in [6.45, 7) is 3.64. The van der Waals surface area contributed by atoms with Crippen molar-refractivity contribution in [2.75, 3.05) is 32.1 Å². The lowest BCUT2D eigenvalue weighted by Crippen LogP contribution is -2.45. The van der Waals surface area contributed by atoms with E-state index in [9.17, 15) is 9.59 Å². The molecule has 1 saturated heterocycles. The number of rotatable bonds is 5. The Bertz CT molecular complexity index is 845. The molecule has 1 aliphatic rings. The standard InChI is InChI=1S/C19H22N4O4.2ClH/c1-12-3-4-13(23-19(25)17-11-21-7-8-26-17)9-16(12)27-14-5-6-22-15(10-14)18(24)20-2;;/h3-6,9-10,17,21H,7-8,11H2,1-2H3,(H,20,24)(H,23,25);2*1H. The molecule has 0 saturated carbocycles. The zero-order valence-corrected chi connectivity index (χ0v) is 17.7. The molecule has 8 nitrogen and oxygen atoms in total. The number of anilines is 1. The molecule has 10 heteroatoms. The zero-order valence-electron chi connectivity index (χ0n) is 16.1. The number of morpholine rings is 1. The maximum atomic E-state index is 12.3. The van der Waals surface area contributed by atoms with Crippen LogP contribution in [0.2, 0.25) is 0 Å². The monoisotopic (exact) mass is 442 g/mol. The van der Waals surface area contributed by atoms with Gasteiger partial charge in [0.05, 0.1) is 6.61 Å². The van der Waals surface area contributed by atoms with Crippen LogP contribution in [0.25, 0.3) is 0 Å².